The molecule has 6 unspecified atom stereocenters. The van der Waals surface area contributed by atoms with E-state index in [1.807, 2.05) is 0 Å². The average molecular weight is 400 g/mol. The third-order valence-corrected chi connectivity index (χ3v) is 7.46. The van der Waals surface area contributed by atoms with Crippen molar-refractivity contribution in [3.8, 4) is 0 Å². The summed E-state index contributed by atoms with van der Waals surface area (Å²) in [6.45, 7) is 0.568. The second kappa shape index (κ2) is 5.23. The van der Waals surface area contributed by atoms with Gasteiger partial charge in [-0.15, -0.1) is 0 Å². The van der Waals surface area contributed by atoms with E-state index in [0.717, 1.165) is 12.8 Å². The highest BCUT2D eigenvalue weighted by Gasteiger charge is 2.72. The smallest absolute Gasteiger partial charge is 0.377 e. The van der Waals surface area contributed by atoms with Crippen LogP contribution in [0.4, 0.5) is 8.78 Å². The van der Waals surface area contributed by atoms with Crippen molar-refractivity contribution in [1.82, 2.24) is 0 Å². The van der Waals surface area contributed by atoms with Gasteiger partial charge in [-0.2, -0.15) is 8.78 Å². The standard InChI is InChI=1S/C19H22F2O7/c1-17(20,21)16(23)28-18-5-8-2-9(6-18)19(10(3-8)7-18)26-14-13-11(4-12(22)25-13)24-15(14)27-19/h8-11,13-15H,2-7H2,1H3. The van der Waals surface area contributed by atoms with Crippen molar-refractivity contribution in [2.75, 3.05) is 0 Å². The molecule has 0 radical (unpaired) electrons. The SMILES string of the molecule is CC(F)(F)C(=O)OC12CC3CC(C1)C1(OC4OC5CC(=O)OC5C4O1)C(C3)C2. The highest BCUT2D eigenvalue weighted by atomic mass is 19.3. The number of halogens is 2. The number of esters is 2. The van der Waals surface area contributed by atoms with Gasteiger partial charge in [0.1, 0.15) is 11.7 Å². The average Bonchev–Trinajstić information content (AvgIpc) is 3.20. The number of ether oxygens (including phenoxy) is 5. The van der Waals surface area contributed by atoms with Crippen LogP contribution in [0.5, 0.6) is 0 Å². The zero-order valence-corrected chi connectivity index (χ0v) is 15.4. The molecular formula is C19H22F2O7. The van der Waals surface area contributed by atoms with Crippen LogP contribution in [-0.4, -0.2) is 53.9 Å². The fraction of sp³-hybridized carbons (Fsp3) is 0.895. The van der Waals surface area contributed by atoms with Crippen LogP contribution in [0.15, 0.2) is 0 Å². The van der Waals surface area contributed by atoms with Crippen LogP contribution in [0.2, 0.25) is 0 Å². The molecule has 4 saturated carbocycles. The number of carbonyl (C=O) groups is 2. The minimum absolute atomic E-state index is 0.0678. The molecule has 0 aromatic rings. The van der Waals surface area contributed by atoms with Gasteiger partial charge in [0.25, 0.3) is 0 Å². The van der Waals surface area contributed by atoms with Gasteiger partial charge in [0.15, 0.2) is 24.3 Å². The predicted molar refractivity (Wildman–Crippen MR) is 84.8 cm³/mol. The molecule has 1 spiro atoms. The normalized spacial score (nSPS) is 53.4. The Kier molecular flexibility index (Phi) is 3.28. The van der Waals surface area contributed by atoms with Gasteiger partial charge in [0, 0.05) is 18.8 Å². The lowest BCUT2D eigenvalue weighted by molar-refractivity contribution is -0.342. The molecule has 0 N–H and O–H groups in total. The summed E-state index contributed by atoms with van der Waals surface area (Å²) in [6.07, 6.45) is 1.53. The molecule has 0 aromatic carbocycles. The molecule has 7 nitrogen and oxygen atoms in total. The Bertz CT molecular complexity index is 733. The highest BCUT2D eigenvalue weighted by Crippen LogP contribution is 2.65. The topological polar surface area (TPSA) is 80.3 Å². The molecule has 7 rings (SSSR count). The highest BCUT2D eigenvalue weighted by molar-refractivity contribution is 5.77. The van der Waals surface area contributed by atoms with Crippen LogP contribution in [0.1, 0.15) is 45.4 Å². The fourth-order valence-corrected chi connectivity index (χ4v) is 6.66. The maximum absolute atomic E-state index is 13.4. The van der Waals surface area contributed by atoms with Gasteiger partial charge < -0.3 is 23.7 Å². The van der Waals surface area contributed by atoms with Crippen LogP contribution in [0.3, 0.4) is 0 Å². The molecule has 28 heavy (non-hydrogen) atoms. The fourth-order valence-electron chi connectivity index (χ4n) is 6.66. The summed E-state index contributed by atoms with van der Waals surface area (Å²) in [5, 5.41) is 0. The van der Waals surface area contributed by atoms with E-state index in [4.69, 9.17) is 23.7 Å². The van der Waals surface area contributed by atoms with Gasteiger partial charge >= 0.3 is 17.9 Å². The summed E-state index contributed by atoms with van der Waals surface area (Å²) < 4.78 is 56.2. The molecule has 6 atom stereocenters. The van der Waals surface area contributed by atoms with Crippen LogP contribution >= 0.6 is 0 Å². The van der Waals surface area contributed by atoms with Gasteiger partial charge in [-0.3, -0.25) is 4.79 Å². The van der Waals surface area contributed by atoms with E-state index in [2.05, 4.69) is 0 Å². The zero-order chi connectivity index (χ0) is 19.5. The number of fused-ring (bicyclic) bond motifs is 3. The molecule has 3 heterocycles. The molecule has 3 aliphatic heterocycles. The predicted octanol–water partition coefficient (Wildman–Crippen LogP) is 1.92. The monoisotopic (exact) mass is 400 g/mol. The first-order valence-electron chi connectivity index (χ1n) is 9.99. The first-order chi connectivity index (χ1) is 13.2. The lowest BCUT2D eigenvalue weighted by atomic mass is 9.51. The summed E-state index contributed by atoms with van der Waals surface area (Å²) in [6, 6.07) is 0. The van der Waals surface area contributed by atoms with E-state index in [1.165, 1.54) is 0 Å². The maximum atomic E-state index is 13.4. The molecule has 4 bridgehead atoms. The summed E-state index contributed by atoms with van der Waals surface area (Å²) in [5.74, 6) is -5.98. The number of hydrogen-bond acceptors (Lipinski definition) is 7. The lowest BCUT2D eigenvalue weighted by Gasteiger charge is -2.62. The number of hydrogen-bond donors (Lipinski definition) is 0. The van der Waals surface area contributed by atoms with Crippen molar-refractivity contribution >= 4 is 11.9 Å². The van der Waals surface area contributed by atoms with Crippen molar-refractivity contribution in [3.63, 3.8) is 0 Å². The largest absolute Gasteiger partial charge is 0.456 e. The van der Waals surface area contributed by atoms with Crippen LogP contribution in [-0.2, 0) is 33.3 Å². The van der Waals surface area contributed by atoms with Gasteiger partial charge in [-0.1, -0.05) is 0 Å². The van der Waals surface area contributed by atoms with Gasteiger partial charge in [0.05, 0.1) is 6.42 Å². The molecule has 154 valence electrons. The molecule has 0 aromatic heterocycles. The molecular weight excluding hydrogens is 378 g/mol. The lowest BCUT2D eigenvalue weighted by Crippen LogP contribution is -2.66. The van der Waals surface area contributed by atoms with Crippen LogP contribution in [0.25, 0.3) is 0 Å². The summed E-state index contributed by atoms with van der Waals surface area (Å²) in [5.41, 5.74) is -0.869. The minimum atomic E-state index is -3.51. The Hall–Kier alpha value is -1.32. The van der Waals surface area contributed by atoms with Crippen molar-refractivity contribution in [3.05, 3.63) is 0 Å². The zero-order valence-electron chi connectivity index (χ0n) is 15.4. The minimum Gasteiger partial charge on any atom is -0.456 e. The van der Waals surface area contributed by atoms with E-state index in [1.54, 1.807) is 0 Å². The quantitative estimate of drug-likeness (QED) is 0.655. The van der Waals surface area contributed by atoms with Gasteiger partial charge in [-0.05, 0) is 38.0 Å². The molecule has 7 aliphatic rings. The summed E-state index contributed by atoms with van der Waals surface area (Å²) in [4.78, 5) is 23.4. The number of alkyl halides is 2. The number of carbonyl (C=O) groups excluding carboxylic acids is 2. The molecule has 0 amide bonds. The Morgan fingerprint density at radius 1 is 1.14 bits per heavy atom. The van der Waals surface area contributed by atoms with E-state index in [-0.39, 0.29) is 30.3 Å². The second-order valence-electron chi connectivity index (χ2n) is 9.43. The third kappa shape index (κ3) is 2.24. The van der Waals surface area contributed by atoms with Crippen molar-refractivity contribution in [2.24, 2.45) is 17.8 Å². The Balaban J connectivity index is 1.25. The molecule has 3 saturated heterocycles. The van der Waals surface area contributed by atoms with E-state index in [9.17, 15) is 18.4 Å². The Labute approximate surface area is 159 Å². The maximum Gasteiger partial charge on any atom is 0.377 e. The van der Waals surface area contributed by atoms with Crippen LogP contribution in [0, 0.1) is 17.8 Å². The van der Waals surface area contributed by atoms with Crippen molar-refractivity contribution in [1.29, 1.82) is 0 Å². The Morgan fingerprint density at radius 3 is 2.54 bits per heavy atom. The van der Waals surface area contributed by atoms with Gasteiger partial charge in [0.2, 0.25) is 0 Å². The molecule has 4 aliphatic carbocycles. The van der Waals surface area contributed by atoms with Crippen molar-refractivity contribution < 1.29 is 42.1 Å². The second-order valence-corrected chi connectivity index (χ2v) is 9.43. The van der Waals surface area contributed by atoms with E-state index in [0.29, 0.717) is 32.1 Å². The van der Waals surface area contributed by atoms with Gasteiger partial charge in [-0.25, -0.2) is 4.79 Å². The first kappa shape index (κ1) is 17.5. The number of rotatable bonds is 2. The van der Waals surface area contributed by atoms with Crippen LogP contribution < -0.4 is 0 Å². The summed E-state index contributed by atoms with van der Waals surface area (Å²) in [7, 11) is 0. The Morgan fingerprint density at radius 2 is 1.86 bits per heavy atom. The molecule has 9 heteroatoms. The van der Waals surface area contributed by atoms with Crippen molar-refractivity contribution in [2.45, 2.75) is 87.4 Å². The van der Waals surface area contributed by atoms with E-state index < -0.39 is 41.8 Å². The summed E-state index contributed by atoms with van der Waals surface area (Å²) >= 11 is 0. The molecule has 7 fully saturated rings. The van der Waals surface area contributed by atoms with E-state index >= 15 is 0 Å². The first-order valence-corrected chi connectivity index (χ1v) is 9.99. The third-order valence-electron chi connectivity index (χ3n) is 7.46.